The van der Waals surface area contributed by atoms with Crippen LogP contribution in [0.25, 0.3) is 20.2 Å². The maximum Gasteiger partial charge on any atom is 0.0407 e. The third kappa shape index (κ3) is 1.98. The highest BCUT2D eigenvalue weighted by Crippen LogP contribution is 2.41. The Bertz CT molecular complexity index is 731. The highest BCUT2D eigenvalue weighted by molar-refractivity contribution is 9.10. The molecule has 3 aromatic rings. The molecule has 0 amide bonds. The molecule has 18 heavy (non-hydrogen) atoms. The minimum atomic E-state index is 0.876. The summed E-state index contributed by atoms with van der Waals surface area (Å²) in [5.41, 5.74) is 2.71. The van der Waals surface area contributed by atoms with Crippen LogP contribution in [0, 0.1) is 0 Å². The smallest absolute Gasteiger partial charge is 0.0407 e. The molecule has 0 aliphatic carbocycles. The molecule has 0 atom stereocenters. The first-order valence-corrected chi connectivity index (χ1v) is 9.35. The van der Waals surface area contributed by atoms with Crippen LogP contribution in [-0.4, -0.2) is 0 Å². The first kappa shape index (κ1) is 13.1. The predicted octanol–water partition coefficient (Wildman–Crippen LogP) is 6.61. The minimum absolute atomic E-state index is 0.876. The molecule has 0 radical (unpaired) electrons. The topological polar surface area (TPSA) is 0 Å². The van der Waals surface area contributed by atoms with Gasteiger partial charge in [-0.1, -0.05) is 72.1 Å². The Morgan fingerprint density at radius 3 is 2.39 bits per heavy atom. The summed E-state index contributed by atoms with van der Waals surface area (Å²) in [6.45, 7) is 0. The van der Waals surface area contributed by atoms with Crippen LogP contribution in [-0.2, 0) is 10.7 Å². The Kier molecular flexibility index (Phi) is 3.81. The third-order valence-electron chi connectivity index (χ3n) is 3.07. The van der Waals surface area contributed by atoms with Crippen LogP contribution in [0.4, 0.5) is 0 Å². The van der Waals surface area contributed by atoms with E-state index in [4.69, 9.17) is 0 Å². The highest BCUT2D eigenvalue weighted by Gasteiger charge is 2.12. The van der Waals surface area contributed by atoms with Gasteiger partial charge in [-0.25, -0.2) is 0 Å². The maximum absolute atomic E-state index is 3.64. The SMILES string of the molecule is BrCc1cccc2c1sc1c(CBr)c(Br)ccc12. The fraction of sp³-hybridized carbons (Fsp3) is 0.143. The second kappa shape index (κ2) is 5.23. The fourth-order valence-electron chi connectivity index (χ4n) is 2.18. The number of thiophene rings is 1. The Labute approximate surface area is 135 Å². The molecule has 3 rings (SSSR count). The minimum Gasteiger partial charge on any atom is -0.135 e. The zero-order valence-corrected chi connectivity index (χ0v) is 14.9. The summed E-state index contributed by atoms with van der Waals surface area (Å²) < 4.78 is 3.95. The average Bonchev–Trinajstić information content (AvgIpc) is 2.76. The summed E-state index contributed by atoms with van der Waals surface area (Å²) in [6.07, 6.45) is 0. The molecule has 0 N–H and O–H groups in total. The van der Waals surface area contributed by atoms with E-state index in [0.29, 0.717) is 0 Å². The monoisotopic (exact) mass is 446 g/mol. The Balaban J connectivity index is 2.50. The molecule has 2 aromatic carbocycles. The van der Waals surface area contributed by atoms with E-state index >= 15 is 0 Å². The largest absolute Gasteiger partial charge is 0.135 e. The lowest BCUT2D eigenvalue weighted by Crippen LogP contribution is -1.79. The van der Waals surface area contributed by atoms with Crippen LogP contribution in [0.2, 0.25) is 0 Å². The van der Waals surface area contributed by atoms with Gasteiger partial charge in [0.2, 0.25) is 0 Å². The van der Waals surface area contributed by atoms with Gasteiger partial charge >= 0.3 is 0 Å². The molecule has 4 heteroatoms. The van der Waals surface area contributed by atoms with E-state index in [1.54, 1.807) is 0 Å². The van der Waals surface area contributed by atoms with Crippen molar-refractivity contribution in [3.05, 3.63) is 45.9 Å². The van der Waals surface area contributed by atoms with Crippen LogP contribution in [0.5, 0.6) is 0 Å². The molecule has 0 spiro atoms. The van der Waals surface area contributed by atoms with Gasteiger partial charge in [-0.2, -0.15) is 0 Å². The molecule has 0 nitrogen and oxygen atoms in total. The standard InChI is InChI=1S/C14H9Br3S/c15-6-8-2-1-3-9-10-4-5-12(17)11(7-16)14(10)18-13(8)9/h1-5H,6-7H2. The van der Waals surface area contributed by atoms with Gasteiger partial charge in [0, 0.05) is 35.3 Å². The Hall–Kier alpha value is 0.1000. The summed E-state index contributed by atoms with van der Waals surface area (Å²) in [4.78, 5) is 0. The van der Waals surface area contributed by atoms with Crippen molar-refractivity contribution in [1.29, 1.82) is 0 Å². The number of hydrogen-bond acceptors (Lipinski definition) is 1. The van der Waals surface area contributed by atoms with Gasteiger partial charge < -0.3 is 0 Å². The van der Waals surface area contributed by atoms with Gasteiger partial charge in [0.05, 0.1) is 0 Å². The molecule has 0 saturated heterocycles. The second-order valence-electron chi connectivity index (χ2n) is 4.07. The van der Waals surface area contributed by atoms with Crippen LogP contribution < -0.4 is 0 Å². The number of fused-ring (bicyclic) bond motifs is 3. The zero-order valence-electron chi connectivity index (χ0n) is 9.34. The zero-order chi connectivity index (χ0) is 12.7. The van der Waals surface area contributed by atoms with Crippen molar-refractivity contribution in [3.8, 4) is 0 Å². The van der Waals surface area contributed by atoms with Crippen LogP contribution in [0.1, 0.15) is 11.1 Å². The average molecular weight is 449 g/mol. The molecular formula is C14H9Br3S. The summed E-state index contributed by atoms with van der Waals surface area (Å²) in [7, 11) is 0. The first-order valence-electron chi connectivity index (χ1n) is 5.49. The highest BCUT2D eigenvalue weighted by atomic mass is 79.9. The van der Waals surface area contributed by atoms with Crippen molar-refractivity contribution in [1.82, 2.24) is 0 Å². The van der Waals surface area contributed by atoms with Gasteiger partial charge in [-0.15, -0.1) is 11.3 Å². The molecule has 0 bridgehead atoms. The van der Waals surface area contributed by atoms with Crippen molar-refractivity contribution in [2.24, 2.45) is 0 Å². The van der Waals surface area contributed by atoms with E-state index in [-0.39, 0.29) is 0 Å². The molecule has 92 valence electrons. The lowest BCUT2D eigenvalue weighted by Gasteiger charge is -2.01. The summed E-state index contributed by atoms with van der Waals surface area (Å²) in [5, 5.41) is 4.50. The number of rotatable bonds is 2. The first-order chi connectivity index (χ1) is 8.76. The molecule has 0 fully saturated rings. The molecule has 0 aliphatic heterocycles. The van der Waals surface area contributed by atoms with Crippen molar-refractivity contribution >= 4 is 79.3 Å². The number of hydrogen-bond donors (Lipinski definition) is 0. The third-order valence-corrected chi connectivity index (χ3v) is 6.34. The van der Waals surface area contributed by atoms with E-state index in [1.165, 1.54) is 35.8 Å². The number of benzene rings is 2. The summed E-state index contributed by atoms with van der Waals surface area (Å²) in [5.74, 6) is 0. The van der Waals surface area contributed by atoms with Gasteiger partial charge in [-0.3, -0.25) is 0 Å². The van der Waals surface area contributed by atoms with Gasteiger partial charge in [0.25, 0.3) is 0 Å². The van der Waals surface area contributed by atoms with E-state index in [1.807, 2.05) is 11.3 Å². The Morgan fingerprint density at radius 1 is 0.889 bits per heavy atom. The van der Waals surface area contributed by atoms with Crippen LogP contribution >= 0.6 is 59.1 Å². The van der Waals surface area contributed by atoms with E-state index in [9.17, 15) is 0 Å². The lowest BCUT2D eigenvalue weighted by molar-refractivity contribution is 1.47. The van der Waals surface area contributed by atoms with Gasteiger partial charge in [0.1, 0.15) is 0 Å². The molecule has 0 saturated carbocycles. The predicted molar refractivity (Wildman–Crippen MR) is 92.3 cm³/mol. The van der Waals surface area contributed by atoms with Crippen molar-refractivity contribution in [3.63, 3.8) is 0 Å². The molecular weight excluding hydrogens is 440 g/mol. The molecule has 1 aromatic heterocycles. The summed E-state index contributed by atoms with van der Waals surface area (Å²) >= 11 is 12.7. The molecule has 0 aliphatic rings. The van der Waals surface area contributed by atoms with Gasteiger partial charge in [-0.05, 0) is 17.2 Å². The Morgan fingerprint density at radius 2 is 1.67 bits per heavy atom. The van der Waals surface area contributed by atoms with E-state index < -0.39 is 0 Å². The summed E-state index contributed by atoms with van der Waals surface area (Å²) in [6, 6.07) is 10.9. The van der Waals surface area contributed by atoms with Crippen molar-refractivity contribution in [2.45, 2.75) is 10.7 Å². The molecule has 0 unspecified atom stereocenters. The number of halogens is 3. The fourth-order valence-corrected chi connectivity index (χ4v) is 5.94. The normalized spacial score (nSPS) is 11.5. The van der Waals surface area contributed by atoms with E-state index in [0.717, 1.165) is 10.7 Å². The van der Waals surface area contributed by atoms with Crippen molar-refractivity contribution < 1.29 is 0 Å². The second-order valence-corrected chi connectivity index (χ2v) is 7.06. The van der Waals surface area contributed by atoms with E-state index in [2.05, 4.69) is 78.1 Å². The number of alkyl halides is 2. The maximum atomic E-state index is 3.64. The van der Waals surface area contributed by atoms with Crippen LogP contribution in [0.15, 0.2) is 34.8 Å². The van der Waals surface area contributed by atoms with Crippen LogP contribution in [0.3, 0.4) is 0 Å². The van der Waals surface area contributed by atoms with Gasteiger partial charge in [0.15, 0.2) is 0 Å². The molecule has 1 heterocycles. The van der Waals surface area contributed by atoms with Crippen molar-refractivity contribution in [2.75, 3.05) is 0 Å². The lowest BCUT2D eigenvalue weighted by atomic mass is 10.1. The quantitative estimate of drug-likeness (QED) is 0.387.